The summed E-state index contributed by atoms with van der Waals surface area (Å²) in [5.41, 5.74) is 1.41. The second-order valence-electron chi connectivity index (χ2n) is 12.5. The summed E-state index contributed by atoms with van der Waals surface area (Å²) in [6.07, 6.45) is 12.4. The van der Waals surface area contributed by atoms with Gasteiger partial charge in [-0.1, -0.05) is 101 Å². The van der Waals surface area contributed by atoms with Crippen LogP contribution in [0.2, 0.25) is 0 Å². The molecule has 1 N–H and O–H groups in total. The first-order valence-corrected chi connectivity index (χ1v) is 12.5. The Bertz CT molecular complexity index is 486. The third-order valence-corrected chi connectivity index (χ3v) is 8.73. The Hall–Kier alpha value is -0.300. The number of allylic oxidation sites excluding steroid dienone is 2. The van der Waals surface area contributed by atoms with Gasteiger partial charge in [-0.25, -0.2) is 0 Å². The highest BCUT2D eigenvalue weighted by Crippen LogP contribution is 2.44. The molecule has 1 atom stereocenters. The van der Waals surface area contributed by atoms with E-state index in [9.17, 15) is 0 Å². The molecule has 0 aromatic heterocycles. The molecule has 0 aliphatic carbocycles. The van der Waals surface area contributed by atoms with E-state index in [1.165, 1.54) is 38.5 Å². The summed E-state index contributed by atoms with van der Waals surface area (Å²) in [6.45, 7) is 32.2. The van der Waals surface area contributed by atoms with Crippen molar-refractivity contribution in [3.63, 3.8) is 0 Å². The van der Waals surface area contributed by atoms with Crippen LogP contribution in [0.3, 0.4) is 0 Å². The molecule has 0 aromatic rings. The number of hydrogen-bond donors (Lipinski definition) is 1. The van der Waals surface area contributed by atoms with Gasteiger partial charge in [0.15, 0.2) is 0 Å². The molecule has 0 aliphatic heterocycles. The minimum Gasteiger partial charge on any atom is -0.311 e. The van der Waals surface area contributed by atoms with Gasteiger partial charge in [-0.15, -0.1) is 0 Å². The van der Waals surface area contributed by atoms with Crippen LogP contribution < -0.4 is 5.32 Å². The molecule has 174 valence electrons. The number of rotatable bonds is 14. The molecule has 0 saturated carbocycles. The van der Waals surface area contributed by atoms with E-state index in [-0.39, 0.29) is 16.4 Å². The standard InChI is InChI=1S/C28H57N/c1-14-27(12,15-2)19-18-24(6,7)22-25(8,9)23(5)26(10,11)29-21-20-28(13,16-3)17-4/h18-19,23,29H,14-17,20-22H2,1-13H3. The molecule has 0 amide bonds. The van der Waals surface area contributed by atoms with E-state index in [4.69, 9.17) is 0 Å². The second-order valence-corrected chi connectivity index (χ2v) is 12.5. The predicted molar refractivity (Wildman–Crippen MR) is 135 cm³/mol. The van der Waals surface area contributed by atoms with Crippen LogP contribution in [-0.2, 0) is 0 Å². The average molecular weight is 408 g/mol. The van der Waals surface area contributed by atoms with Crippen molar-refractivity contribution in [2.24, 2.45) is 27.6 Å². The highest BCUT2D eigenvalue weighted by molar-refractivity contribution is 5.05. The van der Waals surface area contributed by atoms with Gasteiger partial charge < -0.3 is 5.32 Å². The maximum absolute atomic E-state index is 3.93. The molecule has 0 aliphatic rings. The lowest BCUT2D eigenvalue weighted by atomic mass is 9.63. The first kappa shape index (κ1) is 28.7. The predicted octanol–water partition coefficient (Wildman–Crippen LogP) is 9.03. The highest BCUT2D eigenvalue weighted by Gasteiger charge is 2.40. The molecule has 0 fully saturated rings. The number of nitrogens with one attached hydrogen (secondary N) is 1. The molecule has 1 unspecified atom stereocenters. The Balaban J connectivity index is 5.14. The molecule has 0 saturated heterocycles. The molecule has 0 rings (SSSR count). The Morgan fingerprint density at radius 1 is 0.724 bits per heavy atom. The van der Waals surface area contributed by atoms with Crippen molar-refractivity contribution in [3.8, 4) is 0 Å². The smallest absolute Gasteiger partial charge is 0.0155 e. The van der Waals surface area contributed by atoms with Crippen LogP contribution in [0.5, 0.6) is 0 Å². The van der Waals surface area contributed by atoms with Gasteiger partial charge in [-0.2, -0.15) is 0 Å². The molecule has 0 aromatic carbocycles. The second kappa shape index (κ2) is 10.8. The van der Waals surface area contributed by atoms with Crippen LogP contribution in [0, 0.1) is 27.6 Å². The molecular formula is C28H57N. The molecule has 0 bridgehead atoms. The molecule has 1 heteroatoms. The van der Waals surface area contributed by atoms with Crippen molar-refractivity contribution in [3.05, 3.63) is 12.2 Å². The van der Waals surface area contributed by atoms with Gasteiger partial charge in [0.25, 0.3) is 0 Å². The lowest BCUT2D eigenvalue weighted by molar-refractivity contribution is 0.0806. The van der Waals surface area contributed by atoms with Crippen LogP contribution in [0.1, 0.15) is 129 Å². The van der Waals surface area contributed by atoms with Gasteiger partial charge in [0.2, 0.25) is 0 Å². The zero-order valence-electron chi connectivity index (χ0n) is 22.7. The summed E-state index contributed by atoms with van der Waals surface area (Å²) in [5.74, 6) is 0.584. The van der Waals surface area contributed by atoms with E-state index in [1.54, 1.807) is 0 Å². The van der Waals surface area contributed by atoms with Crippen LogP contribution in [0.4, 0.5) is 0 Å². The van der Waals surface area contributed by atoms with Crippen LogP contribution in [0.15, 0.2) is 12.2 Å². The van der Waals surface area contributed by atoms with E-state index in [1.807, 2.05) is 0 Å². The van der Waals surface area contributed by atoms with Gasteiger partial charge in [0.1, 0.15) is 0 Å². The Kier molecular flexibility index (Phi) is 10.7. The topological polar surface area (TPSA) is 12.0 Å². The van der Waals surface area contributed by atoms with Crippen LogP contribution in [-0.4, -0.2) is 12.1 Å². The summed E-state index contributed by atoms with van der Waals surface area (Å²) in [5, 5.41) is 3.93. The van der Waals surface area contributed by atoms with E-state index in [0.29, 0.717) is 16.7 Å². The minimum atomic E-state index is 0.132. The lowest BCUT2D eigenvalue weighted by Gasteiger charge is -2.46. The van der Waals surface area contributed by atoms with Crippen molar-refractivity contribution in [1.29, 1.82) is 0 Å². The maximum Gasteiger partial charge on any atom is 0.0155 e. The Morgan fingerprint density at radius 3 is 1.62 bits per heavy atom. The fourth-order valence-electron chi connectivity index (χ4n) is 4.72. The first-order chi connectivity index (χ1) is 13.0. The monoisotopic (exact) mass is 407 g/mol. The van der Waals surface area contributed by atoms with Gasteiger partial charge in [0, 0.05) is 5.54 Å². The maximum atomic E-state index is 3.93. The summed E-state index contributed by atoms with van der Waals surface area (Å²) in [6, 6.07) is 0. The molecule has 1 nitrogen and oxygen atoms in total. The van der Waals surface area contributed by atoms with E-state index in [0.717, 1.165) is 6.54 Å². The Labute approximate surface area is 185 Å². The SMILES string of the molecule is CCC(C)(C=CC(C)(C)CC(C)(C)C(C)C(C)(C)NCCC(C)(CC)CC)CC. The van der Waals surface area contributed by atoms with Crippen molar-refractivity contribution < 1.29 is 0 Å². The van der Waals surface area contributed by atoms with E-state index >= 15 is 0 Å². The molecular weight excluding hydrogens is 350 g/mol. The van der Waals surface area contributed by atoms with Gasteiger partial charge in [-0.05, 0) is 73.7 Å². The molecule has 29 heavy (non-hydrogen) atoms. The van der Waals surface area contributed by atoms with Crippen molar-refractivity contribution in [1.82, 2.24) is 5.32 Å². The summed E-state index contributed by atoms with van der Waals surface area (Å²) in [4.78, 5) is 0. The van der Waals surface area contributed by atoms with Gasteiger partial charge in [0.05, 0.1) is 0 Å². The minimum absolute atomic E-state index is 0.132. The fraction of sp³-hybridized carbons (Fsp3) is 0.929. The molecule has 0 spiro atoms. The van der Waals surface area contributed by atoms with Gasteiger partial charge in [-0.3, -0.25) is 0 Å². The van der Waals surface area contributed by atoms with Crippen molar-refractivity contribution in [2.45, 2.75) is 134 Å². The van der Waals surface area contributed by atoms with Crippen molar-refractivity contribution >= 4 is 0 Å². The summed E-state index contributed by atoms with van der Waals surface area (Å²) >= 11 is 0. The molecule has 0 heterocycles. The largest absolute Gasteiger partial charge is 0.311 e. The quantitative estimate of drug-likeness (QED) is 0.283. The zero-order valence-corrected chi connectivity index (χ0v) is 22.7. The third kappa shape index (κ3) is 9.16. The first-order valence-electron chi connectivity index (χ1n) is 12.5. The third-order valence-electron chi connectivity index (χ3n) is 8.73. The Morgan fingerprint density at radius 2 is 1.21 bits per heavy atom. The van der Waals surface area contributed by atoms with E-state index < -0.39 is 0 Å². The lowest BCUT2D eigenvalue weighted by Crippen LogP contribution is -2.51. The van der Waals surface area contributed by atoms with Crippen molar-refractivity contribution in [2.75, 3.05) is 6.54 Å². The fourth-order valence-corrected chi connectivity index (χ4v) is 4.72. The molecule has 0 radical (unpaired) electrons. The average Bonchev–Trinajstić information content (AvgIpc) is 2.64. The van der Waals surface area contributed by atoms with Crippen LogP contribution in [0.25, 0.3) is 0 Å². The van der Waals surface area contributed by atoms with E-state index in [2.05, 4.69) is 107 Å². The normalized spacial score (nSPS) is 15.9. The van der Waals surface area contributed by atoms with Gasteiger partial charge >= 0.3 is 0 Å². The highest BCUT2D eigenvalue weighted by atomic mass is 15.0. The summed E-state index contributed by atoms with van der Waals surface area (Å²) < 4.78 is 0. The number of hydrogen-bond acceptors (Lipinski definition) is 1. The zero-order chi connectivity index (χ0) is 23.1. The van der Waals surface area contributed by atoms with Crippen LogP contribution >= 0.6 is 0 Å². The summed E-state index contributed by atoms with van der Waals surface area (Å²) in [7, 11) is 0.